The second-order valence-electron chi connectivity index (χ2n) is 8.29. The van der Waals surface area contributed by atoms with Gasteiger partial charge in [0, 0.05) is 36.1 Å². The highest BCUT2D eigenvalue weighted by Crippen LogP contribution is 2.30. The van der Waals surface area contributed by atoms with Crippen molar-refractivity contribution in [3.63, 3.8) is 0 Å². The molecule has 4 aromatic rings. The summed E-state index contributed by atoms with van der Waals surface area (Å²) in [6.07, 6.45) is 1.66. The lowest BCUT2D eigenvalue weighted by Gasteiger charge is -2.32. The molecule has 0 saturated carbocycles. The molecule has 4 rings (SSSR count). The van der Waals surface area contributed by atoms with Gasteiger partial charge in [-0.1, -0.05) is 30.3 Å². The van der Waals surface area contributed by atoms with Crippen LogP contribution in [0.3, 0.4) is 0 Å². The summed E-state index contributed by atoms with van der Waals surface area (Å²) in [5.41, 5.74) is 2.14. The van der Waals surface area contributed by atoms with Crippen molar-refractivity contribution in [2.45, 2.75) is 23.9 Å². The molecule has 0 aliphatic heterocycles. The van der Waals surface area contributed by atoms with E-state index in [0.717, 1.165) is 14.9 Å². The van der Waals surface area contributed by atoms with E-state index in [0.29, 0.717) is 22.4 Å². The number of fused-ring (bicyclic) bond motifs is 1. The first kappa shape index (κ1) is 23.7. The molecule has 2 atom stereocenters. The number of pyridine rings is 1. The van der Waals surface area contributed by atoms with Crippen LogP contribution in [-0.2, 0) is 7.05 Å². The largest absolute Gasteiger partial charge is 0.362 e. The molecule has 34 heavy (non-hydrogen) atoms. The first-order valence-electron chi connectivity index (χ1n) is 10.9. The minimum Gasteiger partial charge on any atom is -0.362 e. The summed E-state index contributed by atoms with van der Waals surface area (Å²) in [6, 6.07) is 21.0. The molecule has 2 aromatic carbocycles. The van der Waals surface area contributed by atoms with E-state index in [9.17, 15) is 10.0 Å². The van der Waals surface area contributed by atoms with Gasteiger partial charge in [-0.3, -0.25) is 15.0 Å². The second-order valence-corrected chi connectivity index (χ2v) is 9.29. The third-order valence-corrected chi connectivity index (χ3v) is 6.46. The third-order valence-electron chi connectivity index (χ3n) is 5.59. The summed E-state index contributed by atoms with van der Waals surface area (Å²) in [6.45, 7) is 2.07. The average Bonchev–Trinajstić information content (AvgIpc) is 2.83. The Morgan fingerprint density at radius 2 is 1.74 bits per heavy atom. The smallest absolute Gasteiger partial charge is 0.276 e. The Kier molecular flexibility index (Phi) is 7.16. The molecule has 0 saturated heterocycles. The van der Waals surface area contributed by atoms with Crippen LogP contribution in [-0.4, -0.2) is 45.0 Å². The number of aryl methyl sites for hydroxylation is 1. The molecule has 9 heteroatoms. The van der Waals surface area contributed by atoms with Crippen LogP contribution in [0.1, 0.15) is 18.5 Å². The number of hydrogen-bond donors (Lipinski definition) is 2. The number of anilines is 2. The molecule has 0 aliphatic carbocycles. The minimum absolute atomic E-state index is 0.000709. The fourth-order valence-corrected chi connectivity index (χ4v) is 4.75. The van der Waals surface area contributed by atoms with Crippen molar-refractivity contribution < 1.29 is 5.21 Å². The summed E-state index contributed by atoms with van der Waals surface area (Å²) < 4.78 is 2.50. The van der Waals surface area contributed by atoms with Gasteiger partial charge in [0.1, 0.15) is 5.52 Å². The second kappa shape index (κ2) is 10.3. The molecule has 2 heterocycles. The molecular weight excluding hydrogens is 448 g/mol. The summed E-state index contributed by atoms with van der Waals surface area (Å²) in [7, 11) is 5.68. The van der Waals surface area contributed by atoms with Gasteiger partial charge in [0.2, 0.25) is 0 Å². The van der Waals surface area contributed by atoms with Gasteiger partial charge in [-0.2, -0.15) is 9.57 Å². The highest BCUT2D eigenvalue weighted by atomic mass is 32.2. The van der Waals surface area contributed by atoms with Gasteiger partial charge < -0.3 is 10.2 Å². The zero-order valence-electron chi connectivity index (χ0n) is 19.6. The van der Waals surface area contributed by atoms with Gasteiger partial charge in [-0.05, 0) is 63.0 Å². The number of nitrogens with zero attached hydrogens (tertiary/aromatic N) is 5. The van der Waals surface area contributed by atoms with Gasteiger partial charge in [0.05, 0.1) is 17.1 Å². The highest BCUT2D eigenvalue weighted by Gasteiger charge is 2.24. The monoisotopic (exact) mass is 476 g/mol. The van der Waals surface area contributed by atoms with Gasteiger partial charge >= 0.3 is 0 Å². The minimum atomic E-state index is -0.178. The van der Waals surface area contributed by atoms with Crippen molar-refractivity contribution in [1.82, 2.24) is 19.7 Å². The average molecular weight is 477 g/mol. The van der Waals surface area contributed by atoms with Crippen LogP contribution in [0, 0.1) is 0 Å². The summed E-state index contributed by atoms with van der Waals surface area (Å²) in [5, 5.41) is 18.9. The van der Waals surface area contributed by atoms with Crippen LogP contribution in [0.2, 0.25) is 0 Å². The van der Waals surface area contributed by atoms with Crippen molar-refractivity contribution in [3.05, 3.63) is 88.8 Å². The topological polar surface area (TPSA) is 86.5 Å². The van der Waals surface area contributed by atoms with E-state index in [1.165, 1.54) is 16.6 Å². The lowest BCUT2D eigenvalue weighted by Crippen LogP contribution is -2.35. The predicted octanol–water partition coefficient (Wildman–Crippen LogP) is 4.33. The Balaban J connectivity index is 1.56. The van der Waals surface area contributed by atoms with E-state index in [2.05, 4.69) is 27.2 Å². The number of rotatable bonds is 8. The van der Waals surface area contributed by atoms with Crippen molar-refractivity contribution in [3.8, 4) is 0 Å². The molecule has 176 valence electrons. The molecule has 0 bridgehead atoms. The normalized spacial score (nSPS) is 13.1. The van der Waals surface area contributed by atoms with Crippen LogP contribution in [0.15, 0.2) is 82.6 Å². The molecular formula is C25H28N6O2S. The molecule has 2 aromatic heterocycles. The maximum Gasteiger partial charge on any atom is 0.276 e. The summed E-state index contributed by atoms with van der Waals surface area (Å²) >= 11 is 1.25. The summed E-state index contributed by atoms with van der Waals surface area (Å²) in [5.74, 6) is 0.564. The van der Waals surface area contributed by atoms with Crippen LogP contribution in [0.5, 0.6) is 0 Å². The Labute approximate surface area is 202 Å². The van der Waals surface area contributed by atoms with Crippen LogP contribution >= 0.6 is 11.9 Å². The Morgan fingerprint density at radius 1 is 1.03 bits per heavy atom. The van der Waals surface area contributed by atoms with Crippen LogP contribution in [0.4, 0.5) is 11.5 Å². The Morgan fingerprint density at radius 3 is 2.41 bits per heavy atom. The molecule has 0 spiro atoms. The summed E-state index contributed by atoms with van der Waals surface area (Å²) in [4.78, 5) is 19.9. The number of benzene rings is 2. The van der Waals surface area contributed by atoms with Gasteiger partial charge in [0.25, 0.3) is 5.56 Å². The van der Waals surface area contributed by atoms with E-state index in [4.69, 9.17) is 0 Å². The molecule has 8 nitrogen and oxygen atoms in total. The SMILES string of the molecule is CC(Nc1nn(C)c(=O)c2cccnc12)C(c1ccc(N(O)Sc2ccccc2)cc1)N(C)C. The van der Waals surface area contributed by atoms with Gasteiger partial charge in [-0.15, -0.1) is 0 Å². The lowest BCUT2D eigenvalue weighted by atomic mass is 9.99. The van der Waals surface area contributed by atoms with E-state index in [1.807, 2.05) is 68.7 Å². The van der Waals surface area contributed by atoms with Crippen LogP contribution < -0.4 is 15.3 Å². The lowest BCUT2D eigenvalue weighted by molar-refractivity contribution is 0.275. The number of hydrogen-bond acceptors (Lipinski definition) is 8. The van der Waals surface area contributed by atoms with E-state index >= 15 is 0 Å². The number of nitrogens with one attached hydrogen (secondary N) is 1. The third kappa shape index (κ3) is 5.06. The van der Waals surface area contributed by atoms with E-state index in [-0.39, 0.29) is 17.6 Å². The molecule has 0 aliphatic rings. The number of likely N-dealkylation sites (N-methyl/N-ethyl adjacent to an activating group) is 1. The van der Waals surface area contributed by atoms with Crippen molar-refractivity contribution in [2.24, 2.45) is 7.05 Å². The van der Waals surface area contributed by atoms with E-state index in [1.54, 1.807) is 25.4 Å². The van der Waals surface area contributed by atoms with Gasteiger partial charge in [0.15, 0.2) is 5.82 Å². The molecule has 0 radical (unpaired) electrons. The Hall–Kier alpha value is -3.40. The van der Waals surface area contributed by atoms with Crippen molar-refractivity contribution in [2.75, 3.05) is 23.9 Å². The number of aromatic nitrogens is 3. The molecule has 0 fully saturated rings. The first-order chi connectivity index (χ1) is 16.3. The van der Waals surface area contributed by atoms with Crippen molar-refractivity contribution >= 4 is 34.4 Å². The molecule has 0 amide bonds. The first-order valence-corrected chi connectivity index (χ1v) is 11.7. The zero-order valence-corrected chi connectivity index (χ0v) is 20.4. The predicted molar refractivity (Wildman–Crippen MR) is 137 cm³/mol. The maximum absolute atomic E-state index is 12.4. The van der Waals surface area contributed by atoms with E-state index < -0.39 is 0 Å². The quantitative estimate of drug-likeness (QED) is 0.287. The van der Waals surface area contributed by atoms with Crippen molar-refractivity contribution in [1.29, 1.82) is 0 Å². The standard InChI is InChI=1S/C25H28N6O2S/c1-17(27-24-22-21(11-8-16-26-22)25(32)30(4)28-24)23(29(2)3)18-12-14-19(15-13-18)31(33)34-20-9-6-5-7-10-20/h5-17,23,33H,1-4H3,(H,27,28). The Bertz CT molecular complexity index is 1310. The fraction of sp³-hybridized carbons (Fsp3) is 0.240. The molecule has 2 N–H and O–H groups in total. The highest BCUT2D eigenvalue weighted by molar-refractivity contribution is 8.00. The zero-order chi connectivity index (χ0) is 24.2. The fourth-order valence-electron chi connectivity index (χ4n) is 4.04. The van der Waals surface area contributed by atoms with Crippen LogP contribution in [0.25, 0.3) is 10.9 Å². The maximum atomic E-state index is 12.4. The molecule has 2 unspecified atom stereocenters. The van der Waals surface area contributed by atoms with Gasteiger partial charge in [-0.25, -0.2) is 4.68 Å².